The molecule has 17 heavy (non-hydrogen) atoms. The van der Waals surface area contributed by atoms with E-state index in [0.29, 0.717) is 18.1 Å². The number of carbonyl (C=O) groups excluding carboxylic acids is 1. The fourth-order valence-corrected chi connectivity index (χ4v) is 1.47. The summed E-state index contributed by atoms with van der Waals surface area (Å²) < 4.78 is 5.06. The van der Waals surface area contributed by atoms with Gasteiger partial charge in [-0.3, -0.25) is 0 Å². The van der Waals surface area contributed by atoms with Gasteiger partial charge in [-0.05, 0) is 30.9 Å². The Labute approximate surface area is 101 Å². The monoisotopic (exact) mass is 238 g/mol. The first-order valence-corrected chi connectivity index (χ1v) is 5.61. The van der Waals surface area contributed by atoms with Gasteiger partial charge in [0.05, 0.1) is 6.61 Å². The number of carbonyl (C=O) groups is 1. The van der Waals surface area contributed by atoms with Crippen LogP contribution in [0.15, 0.2) is 12.1 Å². The average molecular weight is 238 g/mol. The SMILES string of the molecule is Cc1cc(O)cc(O)c1C(=O)OCCC(C)C. The lowest BCUT2D eigenvalue weighted by molar-refractivity contribution is 0.0484. The molecule has 0 saturated heterocycles. The molecular formula is C13H18O4. The topological polar surface area (TPSA) is 66.8 Å². The van der Waals surface area contributed by atoms with Crippen LogP contribution in [0.5, 0.6) is 11.5 Å². The number of rotatable bonds is 4. The van der Waals surface area contributed by atoms with Crippen LogP contribution >= 0.6 is 0 Å². The Bertz CT molecular complexity index is 387. The van der Waals surface area contributed by atoms with Crippen LogP contribution in [0, 0.1) is 12.8 Å². The fraction of sp³-hybridized carbons (Fsp3) is 0.462. The van der Waals surface area contributed by atoms with Crippen LogP contribution in [0.2, 0.25) is 0 Å². The number of hydrogen-bond acceptors (Lipinski definition) is 4. The van der Waals surface area contributed by atoms with Crippen LogP contribution in [0.25, 0.3) is 0 Å². The van der Waals surface area contributed by atoms with Crippen molar-refractivity contribution in [1.82, 2.24) is 0 Å². The van der Waals surface area contributed by atoms with Crippen molar-refractivity contribution in [2.24, 2.45) is 5.92 Å². The van der Waals surface area contributed by atoms with Crippen molar-refractivity contribution in [3.8, 4) is 11.5 Å². The molecule has 0 bridgehead atoms. The summed E-state index contributed by atoms with van der Waals surface area (Å²) in [4.78, 5) is 11.7. The molecule has 0 aliphatic heterocycles. The zero-order chi connectivity index (χ0) is 13.0. The molecule has 0 fully saturated rings. The van der Waals surface area contributed by atoms with Gasteiger partial charge in [-0.2, -0.15) is 0 Å². The van der Waals surface area contributed by atoms with Gasteiger partial charge < -0.3 is 14.9 Å². The molecule has 0 heterocycles. The van der Waals surface area contributed by atoms with Crippen molar-refractivity contribution in [3.05, 3.63) is 23.3 Å². The van der Waals surface area contributed by atoms with Gasteiger partial charge >= 0.3 is 5.97 Å². The maximum Gasteiger partial charge on any atom is 0.342 e. The Morgan fingerprint density at radius 3 is 2.53 bits per heavy atom. The Kier molecular flexibility index (Phi) is 4.37. The van der Waals surface area contributed by atoms with Crippen LogP contribution in [0.4, 0.5) is 0 Å². The van der Waals surface area contributed by atoms with Crippen LogP contribution in [-0.2, 0) is 4.74 Å². The molecule has 4 heteroatoms. The van der Waals surface area contributed by atoms with Gasteiger partial charge in [0, 0.05) is 6.07 Å². The molecule has 0 radical (unpaired) electrons. The van der Waals surface area contributed by atoms with Gasteiger partial charge in [-0.25, -0.2) is 4.79 Å². The Morgan fingerprint density at radius 1 is 1.35 bits per heavy atom. The lowest BCUT2D eigenvalue weighted by Crippen LogP contribution is -2.09. The summed E-state index contributed by atoms with van der Waals surface area (Å²) in [6.07, 6.45) is 0.781. The second kappa shape index (κ2) is 5.57. The van der Waals surface area contributed by atoms with Gasteiger partial charge in [0.15, 0.2) is 0 Å². The number of aromatic hydroxyl groups is 2. The van der Waals surface area contributed by atoms with E-state index in [4.69, 9.17) is 4.74 Å². The first kappa shape index (κ1) is 13.4. The van der Waals surface area contributed by atoms with Gasteiger partial charge in [0.1, 0.15) is 17.1 Å². The minimum Gasteiger partial charge on any atom is -0.508 e. The third kappa shape index (κ3) is 3.66. The molecule has 4 nitrogen and oxygen atoms in total. The first-order valence-electron chi connectivity index (χ1n) is 5.61. The molecular weight excluding hydrogens is 220 g/mol. The predicted octanol–water partition coefficient (Wildman–Crippen LogP) is 2.61. The van der Waals surface area contributed by atoms with E-state index in [2.05, 4.69) is 0 Å². The maximum atomic E-state index is 11.7. The number of ether oxygens (including phenoxy) is 1. The summed E-state index contributed by atoms with van der Waals surface area (Å²) in [7, 11) is 0. The molecule has 0 aromatic heterocycles. The van der Waals surface area contributed by atoms with Gasteiger partial charge in [-0.15, -0.1) is 0 Å². The van der Waals surface area contributed by atoms with E-state index in [-0.39, 0.29) is 17.1 Å². The highest BCUT2D eigenvalue weighted by molar-refractivity contribution is 5.94. The van der Waals surface area contributed by atoms with E-state index in [0.717, 1.165) is 12.5 Å². The summed E-state index contributed by atoms with van der Waals surface area (Å²) in [6, 6.07) is 2.55. The summed E-state index contributed by atoms with van der Waals surface area (Å²) in [5, 5.41) is 18.8. The number of aryl methyl sites for hydroxylation is 1. The minimum absolute atomic E-state index is 0.0706. The molecule has 1 rings (SSSR count). The molecule has 0 aliphatic rings. The zero-order valence-corrected chi connectivity index (χ0v) is 10.4. The number of phenolic OH excluding ortho intramolecular Hbond substituents is 2. The largest absolute Gasteiger partial charge is 0.508 e. The van der Waals surface area contributed by atoms with Gasteiger partial charge in [0.25, 0.3) is 0 Å². The summed E-state index contributed by atoms with van der Waals surface area (Å²) in [5.41, 5.74) is 0.614. The quantitative estimate of drug-likeness (QED) is 0.791. The lowest BCUT2D eigenvalue weighted by atomic mass is 10.1. The van der Waals surface area contributed by atoms with Crippen molar-refractivity contribution in [2.45, 2.75) is 27.2 Å². The maximum absolute atomic E-state index is 11.7. The highest BCUT2D eigenvalue weighted by atomic mass is 16.5. The Balaban J connectivity index is 2.76. The van der Waals surface area contributed by atoms with Gasteiger partial charge in [0.2, 0.25) is 0 Å². The first-order chi connectivity index (χ1) is 7.91. The van der Waals surface area contributed by atoms with Crippen molar-refractivity contribution >= 4 is 5.97 Å². The van der Waals surface area contributed by atoms with E-state index in [1.165, 1.54) is 6.07 Å². The van der Waals surface area contributed by atoms with Crippen molar-refractivity contribution in [3.63, 3.8) is 0 Å². The van der Waals surface area contributed by atoms with Crippen LogP contribution < -0.4 is 0 Å². The fourth-order valence-electron chi connectivity index (χ4n) is 1.47. The minimum atomic E-state index is -0.555. The summed E-state index contributed by atoms with van der Waals surface area (Å²) in [6.45, 7) is 6.04. The van der Waals surface area contributed by atoms with Gasteiger partial charge in [-0.1, -0.05) is 13.8 Å². The molecule has 0 saturated carbocycles. The predicted molar refractivity (Wildman–Crippen MR) is 64.2 cm³/mol. The molecule has 1 aromatic rings. The highest BCUT2D eigenvalue weighted by Crippen LogP contribution is 2.27. The second-order valence-corrected chi connectivity index (χ2v) is 4.48. The van der Waals surface area contributed by atoms with E-state index < -0.39 is 5.97 Å². The molecule has 0 unspecified atom stereocenters. The molecule has 2 N–H and O–H groups in total. The normalized spacial score (nSPS) is 10.6. The van der Waals surface area contributed by atoms with E-state index in [1.54, 1.807) is 6.92 Å². The van der Waals surface area contributed by atoms with Crippen LogP contribution in [0.3, 0.4) is 0 Å². The second-order valence-electron chi connectivity index (χ2n) is 4.48. The molecule has 0 atom stereocenters. The molecule has 0 spiro atoms. The lowest BCUT2D eigenvalue weighted by Gasteiger charge is -2.10. The molecule has 1 aromatic carbocycles. The number of hydrogen-bond donors (Lipinski definition) is 2. The molecule has 0 amide bonds. The standard InChI is InChI=1S/C13H18O4/c1-8(2)4-5-17-13(16)12-9(3)6-10(14)7-11(12)15/h6-8,14-15H,4-5H2,1-3H3. The third-order valence-corrected chi connectivity index (χ3v) is 2.43. The summed E-state index contributed by atoms with van der Waals surface area (Å²) in [5.74, 6) is -0.422. The van der Waals surface area contributed by atoms with E-state index >= 15 is 0 Å². The van der Waals surface area contributed by atoms with Crippen molar-refractivity contribution in [1.29, 1.82) is 0 Å². The zero-order valence-electron chi connectivity index (χ0n) is 10.4. The molecule has 0 aliphatic carbocycles. The van der Waals surface area contributed by atoms with Crippen molar-refractivity contribution in [2.75, 3.05) is 6.61 Å². The smallest absolute Gasteiger partial charge is 0.342 e. The highest BCUT2D eigenvalue weighted by Gasteiger charge is 2.16. The van der Waals surface area contributed by atoms with E-state index in [9.17, 15) is 15.0 Å². The third-order valence-electron chi connectivity index (χ3n) is 2.43. The molecule has 94 valence electrons. The number of benzene rings is 1. The van der Waals surface area contributed by atoms with Crippen LogP contribution in [-0.4, -0.2) is 22.8 Å². The van der Waals surface area contributed by atoms with Crippen molar-refractivity contribution < 1.29 is 19.7 Å². The number of phenols is 2. The summed E-state index contributed by atoms with van der Waals surface area (Å²) >= 11 is 0. The Hall–Kier alpha value is -1.71. The van der Waals surface area contributed by atoms with E-state index in [1.807, 2.05) is 13.8 Å². The number of esters is 1. The average Bonchev–Trinajstić information content (AvgIpc) is 2.14. The van der Waals surface area contributed by atoms with Crippen LogP contribution in [0.1, 0.15) is 36.2 Å². The Morgan fingerprint density at radius 2 is 2.00 bits per heavy atom.